The molecule has 0 saturated carbocycles. The van der Waals surface area contributed by atoms with Crippen molar-refractivity contribution < 1.29 is 0 Å². The molecule has 15 rings (SSSR count). The average Bonchev–Trinajstić information content (AvgIpc) is 3.96. The van der Waals surface area contributed by atoms with Gasteiger partial charge in [0.1, 0.15) is 0 Å². The van der Waals surface area contributed by atoms with Gasteiger partial charge in [-0.1, -0.05) is 212 Å². The Kier molecular flexibility index (Phi) is 8.70. The van der Waals surface area contributed by atoms with Crippen molar-refractivity contribution in [1.82, 2.24) is 9.13 Å². The second-order valence-electron chi connectivity index (χ2n) is 19.1. The number of hydrogen-bond donors (Lipinski definition) is 0. The quantitative estimate of drug-likeness (QED) is 0.151. The van der Waals surface area contributed by atoms with Crippen molar-refractivity contribution >= 4 is 118 Å². The van der Waals surface area contributed by atoms with E-state index in [-0.39, 0.29) is 0 Å². The molecule has 0 bridgehead atoms. The summed E-state index contributed by atoms with van der Waals surface area (Å²) in [6.07, 6.45) is 0. The van der Waals surface area contributed by atoms with Crippen LogP contribution in [0, 0.1) is 0 Å². The molecule has 0 amide bonds. The fourth-order valence-corrected chi connectivity index (χ4v) is 23.5. The van der Waals surface area contributed by atoms with Gasteiger partial charge in [0.2, 0.25) is 0 Å². The average molecular weight is 936 g/mol. The summed E-state index contributed by atoms with van der Waals surface area (Å²) >= 11 is 0. The number of anilines is 3. The Morgan fingerprint density at radius 2 is 0.606 bits per heavy atom. The van der Waals surface area contributed by atoms with Gasteiger partial charge < -0.3 is 14.0 Å². The number of para-hydroxylation sites is 6. The number of hydrogen-bond acceptors (Lipinski definition) is 1. The summed E-state index contributed by atoms with van der Waals surface area (Å²) in [6.45, 7) is 0. The first-order chi connectivity index (χ1) is 35.3. The van der Waals surface area contributed by atoms with Crippen LogP contribution in [0.4, 0.5) is 17.1 Å². The molecule has 2 aromatic heterocycles. The number of aromatic nitrogens is 2. The van der Waals surface area contributed by atoms with E-state index >= 15 is 0 Å². The Balaban J connectivity index is 1.02. The molecule has 2 aliphatic rings. The minimum absolute atomic E-state index is 1.16. The third kappa shape index (κ3) is 5.42. The zero-order valence-corrected chi connectivity index (χ0v) is 40.8. The Morgan fingerprint density at radius 3 is 1.13 bits per heavy atom. The summed E-state index contributed by atoms with van der Waals surface area (Å²) in [7, 11) is -6.04. The van der Waals surface area contributed by atoms with Gasteiger partial charge in [-0.2, -0.15) is 0 Å². The molecule has 4 heterocycles. The summed E-state index contributed by atoms with van der Waals surface area (Å²) in [6, 6.07) is 104. The zero-order chi connectivity index (χ0) is 46.7. The molecule has 1 unspecified atom stereocenters. The van der Waals surface area contributed by atoms with Gasteiger partial charge in [0.05, 0.1) is 22.1 Å². The van der Waals surface area contributed by atoms with Crippen LogP contribution in [-0.4, -0.2) is 25.3 Å². The maximum Gasteiger partial charge on any atom is 0.184 e. The molecule has 5 heteroatoms. The van der Waals surface area contributed by atoms with E-state index in [9.17, 15) is 0 Å². The highest BCUT2D eigenvalue weighted by Gasteiger charge is 2.56. The van der Waals surface area contributed by atoms with Crippen LogP contribution < -0.4 is 46.4 Å². The standard InChI is InChI=1S/C66H45N3Si2/c1-4-23-48(24-5-1)70(49-25-6-2-7-26-49)62-38-18-16-36-60(62)69-61-37-17-19-39-63(61)71(50-27-8-3-9-28-50,65-41-21-40-64(70)66(65)69)51-29-20-22-46(44-51)67-58-35-15-12-32-54(58)55-45-47(42-43-59(55)67)68-56-33-13-10-30-52(56)53-31-11-14-34-57(53)68/h1-45H. The Bertz CT molecular complexity index is 4160. The minimum Gasteiger partial charge on any atom is -0.311 e. The van der Waals surface area contributed by atoms with Crippen molar-refractivity contribution in [2.24, 2.45) is 0 Å². The predicted octanol–water partition coefficient (Wildman–Crippen LogP) is 10.7. The highest BCUT2D eigenvalue weighted by atomic mass is 28.3. The molecule has 0 N–H and O–H groups in total. The lowest BCUT2D eigenvalue weighted by atomic mass is 10.1. The van der Waals surface area contributed by atoms with Crippen LogP contribution in [0.25, 0.3) is 55.0 Å². The van der Waals surface area contributed by atoms with E-state index in [0.717, 1.165) is 11.4 Å². The Morgan fingerprint density at radius 1 is 0.239 bits per heavy atom. The van der Waals surface area contributed by atoms with E-state index in [1.807, 2.05) is 0 Å². The second kappa shape index (κ2) is 15.4. The van der Waals surface area contributed by atoms with Gasteiger partial charge in [-0.25, -0.2) is 0 Å². The van der Waals surface area contributed by atoms with Gasteiger partial charge in [0, 0.05) is 50.0 Å². The number of nitrogens with zero attached hydrogens (tertiary/aromatic N) is 3. The fourth-order valence-electron chi connectivity index (χ4n) is 13.1. The van der Waals surface area contributed by atoms with Crippen LogP contribution in [0.5, 0.6) is 0 Å². The molecule has 0 radical (unpaired) electrons. The molecule has 2 aliphatic heterocycles. The van der Waals surface area contributed by atoms with Crippen LogP contribution in [0.3, 0.4) is 0 Å². The first kappa shape index (κ1) is 40.2. The van der Waals surface area contributed by atoms with Crippen molar-refractivity contribution in [3.63, 3.8) is 0 Å². The highest BCUT2D eigenvalue weighted by Crippen LogP contribution is 2.42. The van der Waals surface area contributed by atoms with Crippen molar-refractivity contribution in [2.45, 2.75) is 0 Å². The zero-order valence-electron chi connectivity index (χ0n) is 38.8. The molecule has 0 spiro atoms. The molecule has 0 aliphatic carbocycles. The molecule has 71 heavy (non-hydrogen) atoms. The third-order valence-electron chi connectivity index (χ3n) is 15.8. The van der Waals surface area contributed by atoms with Crippen molar-refractivity contribution in [3.05, 3.63) is 273 Å². The van der Waals surface area contributed by atoms with E-state index in [1.165, 1.54) is 102 Å². The van der Waals surface area contributed by atoms with Gasteiger partial charge in [-0.05, 0) is 102 Å². The Labute approximate surface area is 414 Å². The van der Waals surface area contributed by atoms with E-state index < -0.39 is 16.1 Å². The van der Waals surface area contributed by atoms with E-state index in [4.69, 9.17) is 0 Å². The van der Waals surface area contributed by atoms with Gasteiger partial charge >= 0.3 is 0 Å². The SMILES string of the molecule is c1ccc([Si]2(c3ccccc3)c3ccccc3N3c4ccccc4[Si](c4ccccc4)(c4cccc(-n5c6ccccc6c6cc(-n7c8ccccc8c8ccccc87)ccc65)c4)c4cccc2c43)cc1. The van der Waals surface area contributed by atoms with Crippen LogP contribution in [-0.2, 0) is 0 Å². The predicted molar refractivity (Wildman–Crippen MR) is 304 cm³/mol. The van der Waals surface area contributed by atoms with Gasteiger partial charge in [0.25, 0.3) is 0 Å². The highest BCUT2D eigenvalue weighted by molar-refractivity contribution is 7.24. The molecule has 0 fully saturated rings. The Hall–Kier alpha value is -8.75. The van der Waals surface area contributed by atoms with Crippen LogP contribution in [0.15, 0.2) is 273 Å². The fraction of sp³-hybridized carbons (Fsp3) is 0. The normalized spacial score (nSPS) is 15.5. The maximum absolute atomic E-state index is 3.13. The lowest BCUT2D eigenvalue weighted by Crippen LogP contribution is -2.82. The molecule has 0 saturated heterocycles. The largest absolute Gasteiger partial charge is 0.311 e. The number of benzene rings is 11. The first-order valence-corrected chi connectivity index (χ1v) is 28.7. The lowest BCUT2D eigenvalue weighted by Gasteiger charge is -2.52. The molecule has 13 aromatic rings. The van der Waals surface area contributed by atoms with Gasteiger partial charge in [-0.15, -0.1) is 0 Å². The molecular formula is C66H45N3Si2. The monoisotopic (exact) mass is 935 g/mol. The molecule has 11 aromatic carbocycles. The van der Waals surface area contributed by atoms with Crippen LogP contribution >= 0.6 is 0 Å². The van der Waals surface area contributed by atoms with Crippen LogP contribution in [0.2, 0.25) is 0 Å². The molecule has 332 valence electrons. The van der Waals surface area contributed by atoms with Crippen molar-refractivity contribution in [3.8, 4) is 11.4 Å². The summed E-state index contributed by atoms with van der Waals surface area (Å²) < 4.78 is 4.94. The van der Waals surface area contributed by atoms with Crippen molar-refractivity contribution in [1.29, 1.82) is 0 Å². The topological polar surface area (TPSA) is 13.1 Å². The van der Waals surface area contributed by atoms with E-state index in [2.05, 4.69) is 287 Å². The molecule has 1 atom stereocenters. The smallest absolute Gasteiger partial charge is 0.184 e. The second-order valence-corrected chi connectivity index (χ2v) is 26.6. The van der Waals surface area contributed by atoms with Crippen molar-refractivity contribution in [2.75, 3.05) is 4.90 Å². The summed E-state index contributed by atoms with van der Waals surface area (Å²) in [5, 5.41) is 16.2. The van der Waals surface area contributed by atoms with Gasteiger partial charge in [-0.3, -0.25) is 0 Å². The van der Waals surface area contributed by atoms with Crippen LogP contribution in [0.1, 0.15) is 0 Å². The maximum atomic E-state index is 2.65. The number of rotatable bonds is 6. The lowest BCUT2D eigenvalue weighted by molar-refractivity contribution is 1.17. The summed E-state index contributed by atoms with van der Waals surface area (Å²) in [4.78, 5) is 2.65. The minimum atomic E-state index is -3.13. The summed E-state index contributed by atoms with van der Waals surface area (Å²) in [5.74, 6) is 0. The molecular weight excluding hydrogens is 891 g/mol. The van der Waals surface area contributed by atoms with E-state index in [0.29, 0.717) is 0 Å². The summed E-state index contributed by atoms with van der Waals surface area (Å²) in [5.41, 5.74) is 11.0. The van der Waals surface area contributed by atoms with E-state index in [1.54, 1.807) is 0 Å². The van der Waals surface area contributed by atoms with Gasteiger partial charge in [0.15, 0.2) is 16.1 Å². The number of fused-ring (bicyclic) bond motifs is 10. The molecule has 3 nitrogen and oxygen atoms in total. The first-order valence-electron chi connectivity index (χ1n) is 24.7. The third-order valence-corrected chi connectivity index (χ3v) is 25.5.